The summed E-state index contributed by atoms with van der Waals surface area (Å²) in [6.07, 6.45) is 1.77. The van der Waals surface area contributed by atoms with Gasteiger partial charge in [0.05, 0.1) is 11.2 Å². The number of aromatic nitrogens is 1. The van der Waals surface area contributed by atoms with Crippen molar-refractivity contribution in [3.8, 4) is 0 Å². The van der Waals surface area contributed by atoms with Crippen molar-refractivity contribution in [1.29, 1.82) is 0 Å². The molecule has 4 heteroatoms. The van der Waals surface area contributed by atoms with Gasteiger partial charge in [-0.2, -0.15) is 0 Å². The molecule has 3 nitrogen and oxygen atoms in total. The molecule has 0 aliphatic carbocycles. The van der Waals surface area contributed by atoms with Crippen molar-refractivity contribution in [2.45, 2.75) is 13.0 Å². The van der Waals surface area contributed by atoms with Crippen LogP contribution < -0.4 is 11.1 Å². The summed E-state index contributed by atoms with van der Waals surface area (Å²) in [5, 5.41) is 5.26. The van der Waals surface area contributed by atoms with E-state index in [0.717, 1.165) is 27.2 Å². The van der Waals surface area contributed by atoms with Gasteiger partial charge in [-0.15, -0.1) is 0 Å². The van der Waals surface area contributed by atoms with Crippen LogP contribution in [0.4, 0.5) is 11.4 Å². The van der Waals surface area contributed by atoms with Gasteiger partial charge in [0.1, 0.15) is 0 Å². The fraction of sp³-hybridized carbons (Fsp3) is 0.118. The van der Waals surface area contributed by atoms with E-state index in [1.54, 1.807) is 6.20 Å². The van der Waals surface area contributed by atoms with Crippen LogP contribution in [0.15, 0.2) is 54.7 Å². The lowest BCUT2D eigenvalue weighted by Gasteiger charge is -2.17. The Morgan fingerprint density at radius 2 is 1.95 bits per heavy atom. The van der Waals surface area contributed by atoms with Crippen LogP contribution in [0, 0.1) is 0 Å². The van der Waals surface area contributed by atoms with E-state index in [4.69, 9.17) is 17.3 Å². The Labute approximate surface area is 128 Å². The smallest absolute Gasteiger partial charge is 0.0951 e. The standard InChI is InChI=1S/C17H16ClN3/c1-11(12-4-2-5-13(18)10-12)21-16-8-9-20-17-14(16)6-3-7-15(17)19/h2-11H,19H2,1H3,(H,20,21). The maximum atomic E-state index is 6.05. The Kier molecular flexibility index (Phi) is 3.67. The molecule has 0 fully saturated rings. The predicted molar refractivity (Wildman–Crippen MR) is 89.6 cm³/mol. The lowest BCUT2D eigenvalue weighted by molar-refractivity contribution is 0.886. The van der Waals surface area contributed by atoms with Crippen LogP contribution in [0.25, 0.3) is 10.9 Å². The molecule has 0 saturated carbocycles. The molecular weight excluding hydrogens is 282 g/mol. The molecule has 1 aromatic heterocycles. The summed E-state index contributed by atoms with van der Waals surface area (Å²) in [7, 11) is 0. The zero-order valence-electron chi connectivity index (χ0n) is 11.7. The van der Waals surface area contributed by atoms with Gasteiger partial charge in [0.25, 0.3) is 0 Å². The summed E-state index contributed by atoms with van der Waals surface area (Å²) in [6, 6.07) is 15.8. The number of para-hydroxylation sites is 1. The molecule has 3 rings (SSSR count). The quantitative estimate of drug-likeness (QED) is 0.692. The van der Waals surface area contributed by atoms with E-state index in [2.05, 4.69) is 23.3 Å². The largest absolute Gasteiger partial charge is 0.397 e. The average Bonchev–Trinajstić information content (AvgIpc) is 2.48. The van der Waals surface area contributed by atoms with Crippen LogP contribution in [-0.2, 0) is 0 Å². The number of halogens is 1. The minimum atomic E-state index is 0.135. The lowest BCUT2D eigenvalue weighted by atomic mass is 10.1. The third-order valence-corrected chi connectivity index (χ3v) is 3.76. The van der Waals surface area contributed by atoms with Gasteiger partial charge in [-0.05, 0) is 36.8 Å². The molecule has 0 saturated heterocycles. The number of nitrogens with two attached hydrogens (primary N) is 1. The van der Waals surface area contributed by atoms with E-state index in [9.17, 15) is 0 Å². The average molecular weight is 298 g/mol. The minimum absolute atomic E-state index is 0.135. The van der Waals surface area contributed by atoms with Gasteiger partial charge in [-0.3, -0.25) is 4.98 Å². The highest BCUT2D eigenvalue weighted by Gasteiger charge is 2.09. The van der Waals surface area contributed by atoms with E-state index in [1.807, 2.05) is 42.5 Å². The van der Waals surface area contributed by atoms with Gasteiger partial charge in [0.15, 0.2) is 0 Å². The number of fused-ring (bicyclic) bond motifs is 1. The third-order valence-electron chi connectivity index (χ3n) is 3.52. The first-order chi connectivity index (χ1) is 10.1. The fourth-order valence-corrected chi connectivity index (χ4v) is 2.62. The van der Waals surface area contributed by atoms with E-state index in [-0.39, 0.29) is 6.04 Å². The predicted octanol–water partition coefficient (Wildman–Crippen LogP) is 4.64. The van der Waals surface area contributed by atoms with Crippen molar-refractivity contribution in [2.75, 3.05) is 11.1 Å². The van der Waals surface area contributed by atoms with Crippen LogP contribution in [-0.4, -0.2) is 4.98 Å². The molecule has 1 unspecified atom stereocenters. The highest BCUT2D eigenvalue weighted by atomic mass is 35.5. The zero-order valence-corrected chi connectivity index (χ0v) is 12.4. The fourth-order valence-electron chi connectivity index (χ4n) is 2.42. The Hall–Kier alpha value is -2.26. The van der Waals surface area contributed by atoms with E-state index < -0.39 is 0 Å². The Balaban J connectivity index is 1.97. The second-order valence-electron chi connectivity index (χ2n) is 5.02. The highest BCUT2D eigenvalue weighted by molar-refractivity contribution is 6.30. The summed E-state index contributed by atoms with van der Waals surface area (Å²) in [5.41, 5.74) is 9.64. The molecule has 1 atom stereocenters. The van der Waals surface area contributed by atoms with E-state index in [1.165, 1.54) is 0 Å². The molecule has 0 radical (unpaired) electrons. The molecule has 0 bridgehead atoms. The highest BCUT2D eigenvalue weighted by Crippen LogP contribution is 2.29. The van der Waals surface area contributed by atoms with Crippen molar-refractivity contribution in [3.63, 3.8) is 0 Å². The van der Waals surface area contributed by atoms with Gasteiger partial charge < -0.3 is 11.1 Å². The summed E-state index contributed by atoms with van der Waals surface area (Å²) in [6.45, 7) is 2.10. The molecule has 3 aromatic rings. The maximum Gasteiger partial charge on any atom is 0.0951 e. The first-order valence-electron chi connectivity index (χ1n) is 6.80. The van der Waals surface area contributed by atoms with Crippen LogP contribution in [0.1, 0.15) is 18.5 Å². The molecule has 0 amide bonds. The molecule has 1 heterocycles. The monoisotopic (exact) mass is 297 g/mol. The first kappa shape index (κ1) is 13.7. The molecule has 3 N–H and O–H groups in total. The molecule has 106 valence electrons. The van der Waals surface area contributed by atoms with Gasteiger partial charge >= 0.3 is 0 Å². The van der Waals surface area contributed by atoms with Crippen LogP contribution >= 0.6 is 11.6 Å². The van der Waals surface area contributed by atoms with Crippen LogP contribution in [0.3, 0.4) is 0 Å². The topological polar surface area (TPSA) is 50.9 Å². The van der Waals surface area contributed by atoms with Gasteiger partial charge in [0, 0.05) is 28.3 Å². The van der Waals surface area contributed by atoms with E-state index in [0.29, 0.717) is 5.69 Å². The molecular formula is C17H16ClN3. The number of hydrogen-bond donors (Lipinski definition) is 2. The van der Waals surface area contributed by atoms with Crippen molar-refractivity contribution < 1.29 is 0 Å². The second-order valence-corrected chi connectivity index (χ2v) is 5.46. The van der Waals surface area contributed by atoms with Crippen molar-refractivity contribution in [1.82, 2.24) is 4.98 Å². The Bertz CT molecular complexity index is 786. The van der Waals surface area contributed by atoms with Crippen molar-refractivity contribution in [2.24, 2.45) is 0 Å². The first-order valence-corrected chi connectivity index (χ1v) is 7.18. The summed E-state index contributed by atoms with van der Waals surface area (Å²) >= 11 is 6.05. The molecule has 0 aliphatic heterocycles. The van der Waals surface area contributed by atoms with Crippen LogP contribution in [0.2, 0.25) is 5.02 Å². The van der Waals surface area contributed by atoms with Gasteiger partial charge in [-0.1, -0.05) is 35.9 Å². The molecule has 2 aromatic carbocycles. The summed E-state index contributed by atoms with van der Waals surface area (Å²) in [4.78, 5) is 4.35. The van der Waals surface area contributed by atoms with Gasteiger partial charge in [0.2, 0.25) is 0 Å². The number of rotatable bonds is 3. The second kappa shape index (κ2) is 5.62. The number of hydrogen-bond acceptors (Lipinski definition) is 3. The number of nitrogens with one attached hydrogen (secondary N) is 1. The lowest BCUT2D eigenvalue weighted by Crippen LogP contribution is -2.07. The zero-order chi connectivity index (χ0) is 14.8. The number of pyridine rings is 1. The number of nitrogen functional groups attached to an aromatic ring is 1. The number of nitrogens with zero attached hydrogens (tertiary/aromatic N) is 1. The summed E-state index contributed by atoms with van der Waals surface area (Å²) in [5.74, 6) is 0. The Morgan fingerprint density at radius 1 is 1.14 bits per heavy atom. The molecule has 0 spiro atoms. The number of anilines is 2. The maximum absolute atomic E-state index is 6.05. The Morgan fingerprint density at radius 3 is 2.76 bits per heavy atom. The van der Waals surface area contributed by atoms with Gasteiger partial charge in [-0.25, -0.2) is 0 Å². The van der Waals surface area contributed by atoms with Crippen molar-refractivity contribution >= 4 is 33.9 Å². The van der Waals surface area contributed by atoms with Crippen LogP contribution in [0.5, 0.6) is 0 Å². The SMILES string of the molecule is CC(Nc1ccnc2c(N)cccc12)c1cccc(Cl)c1. The third kappa shape index (κ3) is 2.78. The number of benzene rings is 2. The molecule has 0 aliphatic rings. The van der Waals surface area contributed by atoms with E-state index >= 15 is 0 Å². The normalized spacial score (nSPS) is 12.3. The molecule has 21 heavy (non-hydrogen) atoms. The minimum Gasteiger partial charge on any atom is -0.397 e. The van der Waals surface area contributed by atoms with Crippen molar-refractivity contribution in [3.05, 3.63) is 65.3 Å². The summed E-state index contributed by atoms with van der Waals surface area (Å²) < 4.78 is 0.